The number of nitrogens with zero attached hydrogens (tertiary/aromatic N) is 6. The normalized spacial score (nSPS) is 26.3. The van der Waals surface area contributed by atoms with Gasteiger partial charge in [0, 0.05) is 35.0 Å². The molecule has 3 aromatic rings. The fraction of sp³-hybridized carbons (Fsp3) is 0.600. The maximum absolute atomic E-state index is 10.3. The van der Waals surface area contributed by atoms with Crippen LogP contribution in [0.25, 0.3) is 11.5 Å². The van der Waals surface area contributed by atoms with E-state index < -0.39 is 5.41 Å². The van der Waals surface area contributed by atoms with E-state index in [4.69, 9.17) is 24.0 Å². The zero-order valence-corrected chi connectivity index (χ0v) is 28.5. The average molecular weight is 644 g/mol. The van der Waals surface area contributed by atoms with Gasteiger partial charge in [0.05, 0.1) is 17.0 Å². The quantitative estimate of drug-likeness (QED) is 0.300. The van der Waals surface area contributed by atoms with Crippen LogP contribution in [0.15, 0.2) is 23.4 Å². The average Bonchev–Trinajstić information content (AvgIpc) is 3.78. The molecule has 5 heterocycles. The van der Waals surface area contributed by atoms with E-state index >= 15 is 0 Å². The summed E-state index contributed by atoms with van der Waals surface area (Å²) in [7, 11) is 4.30. The number of anilines is 1. The third-order valence-corrected chi connectivity index (χ3v) is 12.1. The van der Waals surface area contributed by atoms with Gasteiger partial charge in [-0.1, -0.05) is 11.7 Å². The second-order valence-electron chi connectivity index (χ2n) is 14.2. The van der Waals surface area contributed by atoms with Crippen LogP contribution < -0.4 is 14.8 Å². The van der Waals surface area contributed by atoms with E-state index in [2.05, 4.69) is 67.8 Å². The Labute approximate surface area is 275 Å². The van der Waals surface area contributed by atoms with Gasteiger partial charge in [0.15, 0.2) is 17.3 Å². The van der Waals surface area contributed by atoms with Gasteiger partial charge in [-0.3, -0.25) is 9.80 Å². The maximum atomic E-state index is 10.3. The molecular weight excluding hydrogens is 598 g/mol. The molecule has 4 atom stereocenters. The van der Waals surface area contributed by atoms with Crippen LogP contribution in [0.2, 0.25) is 0 Å². The number of nitriles is 1. The molecule has 2 aliphatic carbocycles. The van der Waals surface area contributed by atoms with Gasteiger partial charge < -0.3 is 19.3 Å². The predicted octanol–water partition coefficient (Wildman–Crippen LogP) is 6.30. The Morgan fingerprint density at radius 2 is 1.98 bits per heavy atom. The first-order chi connectivity index (χ1) is 22.1. The highest BCUT2D eigenvalue weighted by molar-refractivity contribution is 7.16. The molecular formula is C35H45N7O3S. The molecule has 0 aromatic carbocycles. The SMILES string of the molecule is C=CNc1sc2c(c1C#N)[C@@]1(CCC2)CCCc2c(-c3nc(O[C@H]4CN(C)C(C)(C)C4)cc(O[C@@H](C)[C@@H]4CCCN4C)n3)noc21. The molecule has 11 heteroatoms. The van der Waals surface area contributed by atoms with Crippen LogP contribution in [-0.4, -0.2) is 75.9 Å². The van der Waals surface area contributed by atoms with Gasteiger partial charge in [0.1, 0.15) is 23.3 Å². The van der Waals surface area contributed by atoms with Crippen LogP contribution in [0.3, 0.4) is 0 Å². The van der Waals surface area contributed by atoms with Crippen molar-refractivity contribution in [3.05, 3.63) is 46.2 Å². The minimum Gasteiger partial charge on any atom is -0.473 e. The van der Waals surface area contributed by atoms with Gasteiger partial charge in [-0.25, -0.2) is 0 Å². The lowest BCUT2D eigenvalue weighted by atomic mass is 9.63. The van der Waals surface area contributed by atoms with Crippen LogP contribution in [0.5, 0.6) is 11.8 Å². The molecule has 0 amide bonds. The molecule has 2 fully saturated rings. The van der Waals surface area contributed by atoms with Crippen molar-refractivity contribution in [3.8, 4) is 29.3 Å². The number of likely N-dealkylation sites (N-methyl/N-ethyl adjacent to an activating group) is 2. The zero-order valence-electron chi connectivity index (χ0n) is 27.7. The van der Waals surface area contributed by atoms with Gasteiger partial charge in [-0.05, 0) is 105 Å². The summed E-state index contributed by atoms with van der Waals surface area (Å²) in [6.45, 7) is 12.3. The van der Waals surface area contributed by atoms with Gasteiger partial charge in [-0.2, -0.15) is 15.2 Å². The Balaban J connectivity index is 1.28. The molecule has 2 aliphatic heterocycles. The van der Waals surface area contributed by atoms with E-state index in [1.54, 1.807) is 17.5 Å². The van der Waals surface area contributed by atoms with Crippen molar-refractivity contribution in [1.29, 1.82) is 5.26 Å². The number of aryl methyl sites for hydroxylation is 1. The first-order valence-corrected chi connectivity index (χ1v) is 17.5. The van der Waals surface area contributed by atoms with Gasteiger partial charge in [0.25, 0.3) is 0 Å². The summed E-state index contributed by atoms with van der Waals surface area (Å²) >= 11 is 1.66. The molecule has 244 valence electrons. The third-order valence-electron chi connectivity index (χ3n) is 10.9. The van der Waals surface area contributed by atoms with Crippen molar-refractivity contribution >= 4 is 16.3 Å². The van der Waals surface area contributed by atoms with Crippen LogP contribution in [0, 0.1) is 11.3 Å². The van der Waals surface area contributed by atoms with E-state index in [1.807, 2.05) is 6.07 Å². The molecule has 1 spiro atoms. The highest BCUT2D eigenvalue weighted by atomic mass is 32.1. The van der Waals surface area contributed by atoms with Crippen LogP contribution >= 0.6 is 11.3 Å². The first-order valence-electron chi connectivity index (χ1n) is 16.7. The minimum absolute atomic E-state index is 0.00510. The highest BCUT2D eigenvalue weighted by Gasteiger charge is 2.49. The number of ether oxygens (including phenoxy) is 2. The number of thiophene rings is 1. The summed E-state index contributed by atoms with van der Waals surface area (Å²) in [6.07, 6.45) is 10.3. The van der Waals surface area contributed by atoms with Crippen molar-refractivity contribution in [2.24, 2.45) is 0 Å². The number of hydrogen-bond acceptors (Lipinski definition) is 11. The molecule has 4 aliphatic rings. The zero-order chi connectivity index (χ0) is 32.2. The summed E-state index contributed by atoms with van der Waals surface area (Å²) in [5.74, 6) is 2.30. The maximum Gasteiger partial charge on any atom is 0.221 e. The van der Waals surface area contributed by atoms with E-state index in [-0.39, 0.29) is 17.7 Å². The van der Waals surface area contributed by atoms with Gasteiger partial charge in [-0.15, -0.1) is 11.3 Å². The summed E-state index contributed by atoms with van der Waals surface area (Å²) in [4.78, 5) is 15.8. The molecule has 46 heavy (non-hydrogen) atoms. The lowest BCUT2D eigenvalue weighted by Gasteiger charge is -2.39. The molecule has 0 radical (unpaired) electrons. The van der Waals surface area contributed by atoms with Crippen LogP contribution in [-0.2, 0) is 18.3 Å². The van der Waals surface area contributed by atoms with Crippen molar-refractivity contribution in [2.45, 2.75) is 108 Å². The summed E-state index contributed by atoms with van der Waals surface area (Å²) in [5, 5.41) is 19.0. The Kier molecular flexibility index (Phi) is 8.10. The molecule has 7 rings (SSSR count). The van der Waals surface area contributed by atoms with Gasteiger partial charge >= 0.3 is 0 Å². The van der Waals surface area contributed by atoms with Crippen molar-refractivity contribution in [2.75, 3.05) is 32.5 Å². The van der Waals surface area contributed by atoms with Gasteiger partial charge in [0.2, 0.25) is 11.8 Å². The molecule has 10 nitrogen and oxygen atoms in total. The Bertz CT molecular complexity index is 1650. The lowest BCUT2D eigenvalue weighted by Crippen LogP contribution is -2.38. The molecule has 1 N–H and O–H groups in total. The number of fused-ring (bicyclic) bond motifs is 4. The van der Waals surface area contributed by atoms with Crippen LogP contribution in [0.1, 0.15) is 93.0 Å². The Morgan fingerprint density at radius 1 is 1.20 bits per heavy atom. The van der Waals surface area contributed by atoms with Crippen LogP contribution in [0.4, 0.5) is 5.00 Å². The number of likely N-dealkylation sites (tertiary alicyclic amines) is 2. The Hall–Kier alpha value is -3.46. The summed E-state index contributed by atoms with van der Waals surface area (Å²) in [5.41, 5.74) is 3.12. The number of aromatic nitrogens is 3. The standard InChI is InChI=1S/C35H45N7O3S/c1-7-37-33-24(19-36)29-26(46-33)13-9-15-35(29)14-8-11-23-30(40-45-31(23)35)32-38-27(43-21(2)25-12-10-16-41(25)5)17-28(39-32)44-22-18-34(3,4)42(6)20-22/h7,17,21-22,25,37H,1,8-16,18,20H2,2-6H3/t21-,22+,25-,35-/m0/s1. The number of rotatable bonds is 8. The third kappa shape index (κ3) is 5.28. The summed E-state index contributed by atoms with van der Waals surface area (Å²) < 4.78 is 19.4. The van der Waals surface area contributed by atoms with E-state index in [0.717, 1.165) is 86.3 Å². The molecule has 2 saturated heterocycles. The smallest absolute Gasteiger partial charge is 0.221 e. The predicted molar refractivity (Wildman–Crippen MR) is 179 cm³/mol. The number of nitrogens with one attached hydrogen (secondary N) is 1. The van der Waals surface area contributed by atoms with Crippen molar-refractivity contribution < 1.29 is 14.0 Å². The fourth-order valence-corrected chi connectivity index (χ4v) is 9.68. The molecule has 0 saturated carbocycles. The lowest BCUT2D eigenvalue weighted by molar-refractivity contribution is 0.116. The van der Waals surface area contributed by atoms with E-state index in [9.17, 15) is 5.26 Å². The van der Waals surface area contributed by atoms with Crippen molar-refractivity contribution in [3.63, 3.8) is 0 Å². The highest BCUT2D eigenvalue weighted by Crippen LogP contribution is 2.55. The number of hydrogen-bond donors (Lipinski definition) is 1. The second kappa shape index (κ2) is 12.0. The first kappa shape index (κ1) is 31.2. The fourth-order valence-electron chi connectivity index (χ4n) is 8.40. The molecule has 0 unspecified atom stereocenters. The largest absolute Gasteiger partial charge is 0.473 e. The monoisotopic (exact) mass is 643 g/mol. The second-order valence-corrected chi connectivity index (χ2v) is 15.3. The molecule has 0 bridgehead atoms. The topological polar surface area (TPSA) is 113 Å². The minimum atomic E-state index is -0.399. The summed E-state index contributed by atoms with van der Waals surface area (Å²) in [6, 6.07) is 4.67. The van der Waals surface area contributed by atoms with E-state index in [0.29, 0.717) is 34.9 Å². The Morgan fingerprint density at radius 3 is 2.67 bits per heavy atom. The van der Waals surface area contributed by atoms with Crippen molar-refractivity contribution in [1.82, 2.24) is 24.9 Å². The van der Waals surface area contributed by atoms with E-state index in [1.165, 1.54) is 11.3 Å². The molecule has 3 aromatic heterocycles.